The Kier molecular flexibility index (Phi) is 6.49. The molecule has 0 amide bonds. The van der Waals surface area contributed by atoms with E-state index in [4.69, 9.17) is 11.6 Å². The Morgan fingerprint density at radius 3 is 2.50 bits per heavy atom. The fourth-order valence-electron chi connectivity index (χ4n) is 2.14. The Labute approximate surface area is 133 Å². The lowest BCUT2D eigenvalue weighted by Gasteiger charge is -2.27. The fourth-order valence-corrected chi connectivity index (χ4v) is 2.92. The maximum absolute atomic E-state index is 11.4. The minimum atomic E-state index is -0.740. The van der Waals surface area contributed by atoms with E-state index < -0.39 is 11.4 Å². The Bertz CT molecular complexity index is 487. The SMILES string of the molecule is CCC(CC)(CNCc1cc(Cl)c(C)cc1Br)C(=O)O. The van der Waals surface area contributed by atoms with Crippen LogP contribution in [-0.4, -0.2) is 17.6 Å². The first-order chi connectivity index (χ1) is 9.36. The Morgan fingerprint density at radius 1 is 1.40 bits per heavy atom. The van der Waals surface area contributed by atoms with Crippen molar-refractivity contribution in [2.75, 3.05) is 6.54 Å². The fraction of sp³-hybridized carbons (Fsp3) is 0.533. The number of carboxylic acids is 1. The zero-order chi connectivity index (χ0) is 15.3. The summed E-state index contributed by atoms with van der Waals surface area (Å²) in [6.45, 7) is 6.83. The Balaban J connectivity index is 2.73. The summed E-state index contributed by atoms with van der Waals surface area (Å²) in [5.74, 6) is -0.740. The summed E-state index contributed by atoms with van der Waals surface area (Å²) in [6, 6.07) is 3.89. The van der Waals surface area contributed by atoms with Crippen LogP contribution in [0.25, 0.3) is 0 Å². The van der Waals surface area contributed by atoms with Crippen molar-refractivity contribution in [1.29, 1.82) is 0 Å². The summed E-state index contributed by atoms with van der Waals surface area (Å²) in [5, 5.41) is 13.4. The first-order valence-electron chi connectivity index (χ1n) is 6.75. The van der Waals surface area contributed by atoms with Crippen LogP contribution in [0.5, 0.6) is 0 Å². The lowest BCUT2D eigenvalue weighted by molar-refractivity contribution is -0.149. The first-order valence-corrected chi connectivity index (χ1v) is 7.92. The topological polar surface area (TPSA) is 49.3 Å². The monoisotopic (exact) mass is 361 g/mol. The minimum Gasteiger partial charge on any atom is -0.481 e. The molecule has 0 radical (unpaired) electrons. The quantitative estimate of drug-likeness (QED) is 0.756. The van der Waals surface area contributed by atoms with Crippen LogP contribution >= 0.6 is 27.5 Å². The van der Waals surface area contributed by atoms with E-state index >= 15 is 0 Å². The number of aliphatic carboxylic acids is 1. The molecule has 20 heavy (non-hydrogen) atoms. The molecule has 1 aromatic rings. The molecule has 0 aliphatic rings. The summed E-state index contributed by atoms with van der Waals surface area (Å²) >= 11 is 9.63. The second-order valence-corrected chi connectivity index (χ2v) is 6.35. The summed E-state index contributed by atoms with van der Waals surface area (Å²) in [6.07, 6.45) is 1.23. The molecule has 0 atom stereocenters. The van der Waals surface area contributed by atoms with Crippen molar-refractivity contribution in [2.45, 2.75) is 40.2 Å². The van der Waals surface area contributed by atoms with Gasteiger partial charge < -0.3 is 10.4 Å². The van der Waals surface area contributed by atoms with Gasteiger partial charge >= 0.3 is 5.97 Å². The highest BCUT2D eigenvalue weighted by Gasteiger charge is 2.34. The average molecular weight is 363 g/mol. The van der Waals surface area contributed by atoms with Crippen LogP contribution in [-0.2, 0) is 11.3 Å². The van der Waals surface area contributed by atoms with Crippen LogP contribution in [0.15, 0.2) is 16.6 Å². The number of halogens is 2. The number of rotatable bonds is 7. The van der Waals surface area contributed by atoms with Gasteiger partial charge in [-0.1, -0.05) is 41.4 Å². The highest BCUT2D eigenvalue weighted by molar-refractivity contribution is 9.10. The van der Waals surface area contributed by atoms with Crippen molar-refractivity contribution in [1.82, 2.24) is 5.32 Å². The van der Waals surface area contributed by atoms with Gasteiger partial charge in [0.2, 0.25) is 0 Å². The van der Waals surface area contributed by atoms with Crippen LogP contribution in [0, 0.1) is 12.3 Å². The zero-order valence-electron chi connectivity index (χ0n) is 12.1. The maximum atomic E-state index is 11.4. The molecule has 0 fully saturated rings. The van der Waals surface area contributed by atoms with E-state index in [9.17, 15) is 9.90 Å². The summed E-state index contributed by atoms with van der Waals surface area (Å²) in [5.41, 5.74) is 1.36. The number of benzene rings is 1. The van der Waals surface area contributed by atoms with Crippen molar-refractivity contribution >= 4 is 33.5 Å². The van der Waals surface area contributed by atoms with E-state index in [1.165, 1.54) is 0 Å². The van der Waals surface area contributed by atoms with Gasteiger partial charge in [-0.25, -0.2) is 0 Å². The Morgan fingerprint density at radius 2 is 2.00 bits per heavy atom. The normalized spacial score (nSPS) is 11.7. The highest BCUT2D eigenvalue weighted by Crippen LogP contribution is 2.27. The second kappa shape index (κ2) is 7.43. The predicted octanol–water partition coefficient (Wildman–Crippen LogP) is 4.39. The van der Waals surface area contributed by atoms with Gasteiger partial charge in [-0.2, -0.15) is 0 Å². The van der Waals surface area contributed by atoms with E-state index in [1.54, 1.807) is 0 Å². The van der Waals surface area contributed by atoms with Gasteiger partial charge in [0, 0.05) is 22.6 Å². The van der Waals surface area contributed by atoms with E-state index in [0.29, 0.717) is 25.9 Å². The second-order valence-electron chi connectivity index (χ2n) is 5.09. The van der Waals surface area contributed by atoms with Gasteiger partial charge in [0.05, 0.1) is 5.41 Å². The predicted molar refractivity (Wildman–Crippen MR) is 86.2 cm³/mol. The average Bonchev–Trinajstić information content (AvgIpc) is 2.40. The molecule has 1 rings (SSSR count). The Hall–Kier alpha value is -0.580. The van der Waals surface area contributed by atoms with Crippen LogP contribution < -0.4 is 5.32 Å². The molecule has 5 heteroatoms. The molecule has 0 aliphatic carbocycles. The van der Waals surface area contributed by atoms with Gasteiger partial charge in [-0.05, 0) is 43.0 Å². The number of aryl methyl sites for hydroxylation is 1. The van der Waals surface area contributed by atoms with Crippen LogP contribution in [0.4, 0.5) is 0 Å². The smallest absolute Gasteiger partial charge is 0.310 e. The number of hydrogen-bond donors (Lipinski definition) is 2. The molecule has 0 aromatic heterocycles. The van der Waals surface area contributed by atoms with Crippen molar-refractivity contribution < 1.29 is 9.90 Å². The van der Waals surface area contributed by atoms with Crippen molar-refractivity contribution in [3.05, 3.63) is 32.8 Å². The van der Waals surface area contributed by atoms with Gasteiger partial charge in [-0.15, -0.1) is 0 Å². The third kappa shape index (κ3) is 3.96. The molecule has 0 heterocycles. The van der Waals surface area contributed by atoms with Gasteiger partial charge in [0.25, 0.3) is 0 Å². The molecule has 0 spiro atoms. The molecular weight excluding hydrogens is 342 g/mol. The molecular formula is C15H21BrClNO2. The van der Waals surface area contributed by atoms with Gasteiger partial charge in [0.1, 0.15) is 0 Å². The summed E-state index contributed by atoms with van der Waals surface area (Å²) < 4.78 is 0.987. The lowest BCUT2D eigenvalue weighted by atomic mass is 9.82. The summed E-state index contributed by atoms with van der Waals surface area (Å²) in [4.78, 5) is 11.4. The molecule has 3 nitrogen and oxygen atoms in total. The lowest BCUT2D eigenvalue weighted by Crippen LogP contribution is -2.40. The number of hydrogen-bond acceptors (Lipinski definition) is 2. The van der Waals surface area contributed by atoms with E-state index in [-0.39, 0.29) is 0 Å². The molecule has 1 aromatic carbocycles. The standard InChI is InChI=1S/C15H21BrClNO2/c1-4-15(5-2,14(19)20)9-18-8-11-7-13(17)10(3)6-12(11)16/h6-7,18H,4-5,8-9H2,1-3H3,(H,19,20). The molecule has 0 saturated carbocycles. The van der Waals surface area contributed by atoms with Crippen molar-refractivity contribution in [2.24, 2.45) is 5.41 Å². The van der Waals surface area contributed by atoms with Crippen LogP contribution in [0.2, 0.25) is 5.02 Å². The molecule has 0 unspecified atom stereocenters. The molecule has 112 valence electrons. The van der Waals surface area contributed by atoms with Gasteiger partial charge in [0.15, 0.2) is 0 Å². The molecule has 0 saturated heterocycles. The van der Waals surface area contributed by atoms with E-state index in [1.807, 2.05) is 32.9 Å². The van der Waals surface area contributed by atoms with E-state index in [0.717, 1.165) is 20.6 Å². The molecule has 0 aliphatic heterocycles. The van der Waals surface area contributed by atoms with Crippen molar-refractivity contribution in [3.63, 3.8) is 0 Å². The largest absolute Gasteiger partial charge is 0.481 e. The van der Waals surface area contributed by atoms with Crippen molar-refractivity contribution in [3.8, 4) is 0 Å². The third-order valence-corrected chi connectivity index (χ3v) is 5.06. The number of carboxylic acid groups (broad SMARTS) is 1. The molecule has 0 bridgehead atoms. The van der Waals surface area contributed by atoms with Crippen LogP contribution in [0.3, 0.4) is 0 Å². The number of nitrogens with one attached hydrogen (secondary N) is 1. The number of carbonyl (C=O) groups is 1. The summed E-state index contributed by atoms with van der Waals surface area (Å²) in [7, 11) is 0. The van der Waals surface area contributed by atoms with Gasteiger partial charge in [-0.3, -0.25) is 4.79 Å². The first kappa shape index (κ1) is 17.5. The molecule has 2 N–H and O–H groups in total. The zero-order valence-corrected chi connectivity index (χ0v) is 14.4. The third-order valence-electron chi connectivity index (χ3n) is 3.91. The highest BCUT2D eigenvalue weighted by atomic mass is 79.9. The maximum Gasteiger partial charge on any atom is 0.310 e. The van der Waals surface area contributed by atoms with E-state index in [2.05, 4.69) is 21.2 Å². The minimum absolute atomic E-state index is 0.452. The van der Waals surface area contributed by atoms with Crippen LogP contribution in [0.1, 0.15) is 37.8 Å².